The van der Waals surface area contributed by atoms with Crippen molar-refractivity contribution in [2.24, 2.45) is 0 Å². The van der Waals surface area contributed by atoms with E-state index in [1.807, 2.05) is 18.2 Å². The number of hydrogen-bond donors (Lipinski definition) is 1. The number of hydrogen-bond acceptors (Lipinski definition) is 6. The molecule has 0 radical (unpaired) electrons. The minimum absolute atomic E-state index is 0.241. The van der Waals surface area contributed by atoms with Crippen LogP contribution in [0.15, 0.2) is 71.6 Å². The molecule has 0 aliphatic carbocycles. The number of carboxylic acids is 1. The van der Waals surface area contributed by atoms with Gasteiger partial charge >= 0.3 is 5.97 Å². The van der Waals surface area contributed by atoms with E-state index in [1.54, 1.807) is 43.3 Å². The highest BCUT2D eigenvalue weighted by atomic mass is 35.5. The summed E-state index contributed by atoms with van der Waals surface area (Å²) >= 11 is 6.32. The van der Waals surface area contributed by atoms with Gasteiger partial charge < -0.3 is 19.3 Å². The van der Waals surface area contributed by atoms with E-state index in [0.717, 1.165) is 24.2 Å². The Balaban J connectivity index is 1.56. The van der Waals surface area contributed by atoms with Crippen molar-refractivity contribution >= 4 is 27.4 Å². The van der Waals surface area contributed by atoms with E-state index in [0.29, 0.717) is 42.4 Å². The van der Waals surface area contributed by atoms with Crippen LogP contribution in [0.2, 0.25) is 0 Å². The van der Waals surface area contributed by atoms with Crippen molar-refractivity contribution in [1.29, 1.82) is 0 Å². The van der Waals surface area contributed by atoms with E-state index in [2.05, 4.69) is 6.92 Å². The Kier molecular flexibility index (Phi) is 10.1. The topological polar surface area (TPSA) is 99.1 Å². The van der Waals surface area contributed by atoms with Gasteiger partial charge in [0.15, 0.2) is 14.7 Å². The molecule has 0 aliphatic rings. The lowest BCUT2D eigenvalue weighted by Crippen LogP contribution is -2.28. The highest BCUT2D eigenvalue weighted by Gasteiger charge is 2.36. The van der Waals surface area contributed by atoms with Crippen LogP contribution in [0.1, 0.15) is 44.2 Å². The van der Waals surface area contributed by atoms with Crippen LogP contribution >= 0.6 is 11.6 Å². The number of aryl methyl sites for hydroxylation is 1. The molecule has 3 aromatic carbocycles. The molecular formula is C29H33ClO7S. The highest BCUT2D eigenvalue weighted by Crippen LogP contribution is 2.35. The van der Waals surface area contributed by atoms with E-state index in [9.17, 15) is 18.3 Å². The molecule has 1 atom stereocenters. The Morgan fingerprint density at radius 3 is 2.24 bits per heavy atom. The van der Waals surface area contributed by atoms with E-state index in [4.69, 9.17) is 25.8 Å². The van der Waals surface area contributed by atoms with Crippen molar-refractivity contribution in [3.63, 3.8) is 0 Å². The maximum atomic E-state index is 11.7. The molecule has 9 heteroatoms. The van der Waals surface area contributed by atoms with E-state index >= 15 is 0 Å². The summed E-state index contributed by atoms with van der Waals surface area (Å²) < 4.78 is 41.0. The molecule has 1 N–H and O–H groups in total. The van der Waals surface area contributed by atoms with Gasteiger partial charge in [0.2, 0.25) is 0 Å². The molecule has 0 fully saturated rings. The van der Waals surface area contributed by atoms with Crippen LogP contribution < -0.4 is 14.2 Å². The molecule has 0 saturated carbocycles. The molecule has 3 rings (SSSR count). The van der Waals surface area contributed by atoms with Crippen molar-refractivity contribution < 1.29 is 32.5 Å². The first kappa shape index (κ1) is 29.3. The second-order valence-corrected chi connectivity index (χ2v) is 11.6. The van der Waals surface area contributed by atoms with Crippen molar-refractivity contribution in [2.45, 2.75) is 49.3 Å². The summed E-state index contributed by atoms with van der Waals surface area (Å²) in [4.78, 5) is 10.4. The number of alkyl halides is 1. The van der Waals surface area contributed by atoms with Gasteiger partial charge in [-0.1, -0.05) is 32.4 Å². The first-order valence-corrected chi connectivity index (χ1v) is 14.7. The largest absolute Gasteiger partial charge is 0.493 e. The Morgan fingerprint density at radius 1 is 0.921 bits per heavy atom. The third-order valence-corrected chi connectivity index (χ3v) is 7.75. The smallest absolute Gasteiger partial charge is 0.329 e. The molecule has 1 unspecified atom stereocenters. The number of sulfone groups is 1. The normalized spacial score (nSPS) is 12.9. The second-order valence-electron chi connectivity index (χ2n) is 8.90. The molecule has 3 aromatic rings. The third kappa shape index (κ3) is 7.65. The Hall–Kier alpha value is -3.23. The van der Waals surface area contributed by atoms with Crippen molar-refractivity contribution in [3.8, 4) is 23.0 Å². The minimum Gasteiger partial charge on any atom is -0.493 e. The van der Waals surface area contributed by atoms with Gasteiger partial charge in [0.05, 0.1) is 18.1 Å². The van der Waals surface area contributed by atoms with Crippen LogP contribution in [0.25, 0.3) is 0 Å². The maximum Gasteiger partial charge on any atom is 0.329 e. The number of carbonyl (C=O) groups is 1. The van der Waals surface area contributed by atoms with Crippen molar-refractivity contribution in [1.82, 2.24) is 0 Å². The number of carboxylic acid groups (broad SMARTS) is 1. The summed E-state index contributed by atoms with van der Waals surface area (Å²) in [6.45, 7) is 4.65. The second kappa shape index (κ2) is 13.0. The summed E-state index contributed by atoms with van der Waals surface area (Å²) in [6, 6.07) is 18.8. The predicted molar refractivity (Wildman–Crippen MR) is 148 cm³/mol. The van der Waals surface area contributed by atoms with Gasteiger partial charge in [-0.3, -0.25) is 0 Å². The lowest BCUT2D eigenvalue weighted by Gasteiger charge is -2.21. The lowest BCUT2D eigenvalue weighted by atomic mass is 9.95. The molecule has 7 nitrogen and oxygen atoms in total. The summed E-state index contributed by atoms with van der Waals surface area (Å²) in [5.41, 5.74) is 1.50. The fraction of sp³-hybridized carbons (Fsp3) is 0.345. The molecule has 0 aliphatic heterocycles. The monoisotopic (exact) mass is 560 g/mol. The van der Waals surface area contributed by atoms with E-state index in [-0.39, 0.29) is 11.3 Å². The number of aliphatic carboxylic acids is 1. The zero-order valence-electron chi connectivity index (χ0n) is 21.8. The molecule has 0 amide bonds. The molecule has 0 bridgehead atoms. The molecule has 204 valence electrons. The summed E-state index contributed by atoms with van der Waals surface area (Å²) in [6.07, 6.45) is 3.78. The highest BCUT2D eigenvalue weighted by molar-refractivity contribution is 7.90. The quantitative estimate of drug-likeness (QED) is 0.175. The van der Waals surface area contributed by atoms with Gasteiger partial charge in [-0.05, 0) is 78.6 Å². The minimum atomic E-state index is -3.26. The Labute approximate surface area is 229 Å². The lowest BCUT2D eigenvalue weighted by molar-refractivity contribution is -0.140. The van der Waals surface area contributed by atoms with Gasteiger partial charge in [0.1, 0.15) is 23.0 Å². The van der Waals surface area contributed by atoms with Gasteiger partial charge in [-0.15, -0.1) is 11.6 Å². The van der Waals surface area contributed by atoms with Gasteiger partial charge in [0.25, 0.3) is 0 Å². The molecule has 0 spiro atoms. The van der Waals surface area contributed by atoms with E-state index in [1.165, 1.54) is 18.4 Å². The molecule has 38 heavy (non-hydrogen) atoms. The number of benzene rings is 3. The summed E-state index contributed by atoms with van der Waals surface area (Å²) in [5, 5.41) is 9.50. The maximum absolute atomic E-state index is 11.7. The standard InChI is InChI=1S/C29H33ClO7S/c1-4-8-21-19-25(37-23-11-14-26(15-12-23)38(3,33)34)13-16-27(21)36-18-7-17-35-24-10-6-9-22(20-24)29(30,5-2)28(31)32/h6,9-16,19-20H,4-5,7-8,17-18H2,1-3H3,(H,31,32). The summed E-state index contributed by atoms with van der Waals surface area (Å²) in [7, 11) is -3.26. The predicted octanol–water partition coefficient (Wildman–Crippen LogP) is 6.61. The molecule has 0 saturated heterocycles. The fourth-order valence-electron chi connectivity index (χ4n) is 3.86. The fourth-order valence-corrected chi connectivity index (χ4v) is 4.61. The van der Waals surface area contributed by atoms with Crippen LogP contribution in [-0.2, 0) is 25.9 Å². The zero-order chi connectivity index (χ0) is 27.8. The van der Waals surface area contributed by atoms with Gasteiger partial charge in [-0.2, -0.15) is 0 Å². The van der Waals surface area contributed by atoms with Crippen molar-refractivity contribution in [3.05, 3.63) is 77.9 Å². The average molecular weight is 561 g/mol. The Bertz CT molecular complexity index is 1340. The van der Waals surface area contributed by atoms with Crippen LogP contribution in [-0.4, -0.2) is 39.0 Å². The third-order valence-electron chi connectivity index (χ3n) is 5.97. The van der Waals surface area contributed by atoms with E-state index < -0.39 is 20.7 Å². The number of rotatable bonds is 14. The average Bonchev–Trinajstić information content (AvgIpc) is 2.89. The molecule has 0 heterocycles. The van der Waals surface area contributed by atoms with Crippen molar-refractivity contribution in [2.75, 3.05) is 19.5 Å². The first-order valence-electron chi connectivity index (χ1n) is 12.5. The molecule has 0 aromatic heterocycles. The summed E-state index contributed by atoms with van der Waals surface area (Å²) in [5.74, 6) is 1.42. The number of ether oxygens (including phenoxy) is 3. The number of halogens is 1. The van der Waals surface area contributed by atoms with Crippen LogP contribution in [0, 0.1) is 0 Å². The Morgan fingerprint density at radius 2 is 1.61 bits per heavy atom. The molecular weight excluding hydrogens is 528 g/mol. The SMILES string of the molecule is CCCc1cc(Oc2ccc(S(C)(=O)=O)cc2)ccc1OCCCOc1cccc(C(Cl)(CC)C(=O)O)c1. The van der Waals surface area contributed by atoms with Gasteiger partial charge in [-0.25, -0.2) is 13.2 Å². The van der Waals surface area contributed by atoms with Gasteiger partial charge in [0, 0.05) is 12.7 Å². The van der Waals surface area contributed by atoms with Crippen LogP contribution in [0.3, 0.4) is 0 Å². The van der Waals surface area contributed by atoms with Crippen LogP contribution in [0.4, 0.5) is 0 Å². The zero-order valence-corrected chi connectivity index (χ0v) is 23.3. The first-order chi connectivity index (χ1) is 18.1. The van der Waals surface area contributed by atoms with Crippen LogP contribution in [0.5, 0.6) is 23.0 Å².